The summed E-state index contributed by atoms with van der Waals surface area (Å²) >= 11 is 0. The van der Waals surface area contributed by atoms with Crippen molar-refractivity contribution in [3.8, 4) is 0 Å². The topological polar surface area (TPSA) is 77.2 Å². The van der Waals surface area contributed by atoms with Crippen LogP contribution in [0.25, 0.3) is 16.5 Å². The molecule has 0 unspecified atom stereocenters. The number of hydroxylamine groups is 1. The Hall–Kier alpha value is -2.89. The van der Waals surface area contributed by atoms with Crippen molar-refractivity contribution in [3.05, 3.63) is 77.5 Å². The normalized spacial score (nSPS) is 11.7. The molecule has 0 aliphatic carbocycles. The molecular weight excluding hydrogens is 326 g/mol. The predicted molar refractivity (Wildman–Crippen MR) is 104 cm³/mol. The van der Waals surface area contributed by atoms with E-state index in [9.17, 15) is 4.79 Å². The second-order valence-electron chi connectivity index (χ2n) is 6.29. The number of allylic oxidation sites excluding steroid dienone is 1. The molecule has 0 bridgehead atoms. The SMILES string of the molecule is C/C(=C\C(=O)NO)c1ccc(CNCCc2c[nH]c3ccccc23)cc1. The summed E-state index contributed by atoms with van der Waals surface area (Å²) in [5.74, 6) is -0.523. The van der Waals surface area contributed by atoms with Crippen LogP contribution in [0.1, 0.15) is 23.6 Å². The number of para-hydroxylation sites is 1. The van der Waals surface area contributed by atoms with Crippen LogP contribution >= 0.6 is 0 Å². The molecule has 5 nitrogen and oxygen atoms in total. The Balaban J connectivity index is 1.51. The first kappa shape index (κ1) is 17.9. The Morgan fingerprint density at radius 2 is 1.92 bits per heavy atom. The standard InChI is InChI=1S/C21H23N3O2/c1-15(12-21(25)24-26)17-8-6-16(7-9-17)13-22-11-10-18-14-23-20-5-3-2-4-19(18)20/h2-9,12,14,22-23,26H,10-11,13H2,1H3,(H,24,25)/b15-12+. The van der Waals surface area contributed by atoms with Crippen molar-refractivity contribution >= 4 is 22.4 Å². The van der Waals surface area contributed by atoms with E-state index in [1.54, 1.807) is 5.48 Å². The van der Waals surface area contributed by atoms with Gasteiger partial charge in [0, 0.05) is 29.7 Å². The van der Waals surface area contributed by atoms with E-state index in [2.05, 4.69) is 34.7 Å². The molecule has 0 fully saturated rings. The van der Waals surface area contributed by atoms with Crippen LogP contribution in [-0.2, 0) is 17.8 Å². The van der Waals surface area contributed by atoms with Gasteiger partial charge in [0.25, 0.3) is 5.91 Å². The summed E-state index contributed by atoms with van der Waals surface area (Å²) in [4.78, 5) is 14.5. The predicted octanol–water partition coefficient (Wildman–Crippen LogP) is 3.41. The zero-order chi connectivity index (χ0) is 18.4. The number of aromatic nitrogens is 1. The number of benzene rings is 2. The smallest absolute Gasteiger partial charge is 0.267 e. The number of amides is 1. The molecule has 0 atom stereocenters. The summed E-state index contributed by atoms with van der Waals surface area (Å²) in [6.45, 7) is 3.53. The molecule has 2 aromatic carbocycles. The fourth-order valence-corrected chi connectivity index (χ4v) is 2.99. The molecular formula is C21H23N3O2. The van der Waals surface area contributed by atoms with E-state index in [-0.39, 0.29) is 0 Å². The van der Waals surface area contributed by atoms with E-state index in [1.807, 2.05) is 37.3 Å². The van der Waals surface area contributed by atoms with Gasteiger partial charge < -0.3 is 10.3 Å². The minimum Gasteiger partial charge on any atom is -0.361 e. The maximum atomic E-state index is 11.2. The van der Waals surface area contributed by atoms with Crippen molar-refractivity contribution in [2.24, 2.45) is 0 Å². The van der Waals surface area contributed by atoms with Gasteiger partial charge in [-0.1, -0.05) is 42.5 Å². The maximum absolute atomic E-state index is 11.2. The number of H-pyrrole nitrogens is 1. The lowest BCUT2D eigenvalue weighted by molar-refractivity contribution is -0.124. The highest BCUT2D eigenvalue weighted by molar-refractivity contribution is 5.94. The molecule has 3 aromatic rings. The van der Waals surface area contributed by atoms with E-state index in [1.165, 1.54) is 28.1 Å². The summed E-state index contributed by atoms with van der Waals surface area (Å²) < 4.78 is 0. The minimum absolute atomic E-state index is 0.523. The first-order chi connectivity index (χ1) is 12.7. The van der Waals surface area contributed by atoms with Gasteiger partial charge in [-0.2, -0.15) is 0 Å². The molecule has 26 heavy (non-hydrogen) atoms. The highest BCUT2D eigenvalue weighted by Gasteiger charge is 2.03. The van der Waals surface area contributed by atoms with Gasteiger partial charge in [0.05, 0.1) is 0 Å². The molecule has 1 amide bonds. The summed E-state index contributed by atoms with van der Waals surface area (Å²) in [7, 11) is 0. The minimum atomic E-state index is -0.523. The molecule has 5 heteroatoms. The molecule has 0 spiro atoms. The van der Waals surface area contributed by atoms with Crippen LogP contribution in [0.5, 0.6) is 0 Å². The summed E-state index contributed by atoms with van der Waals surface area (Å²) in [5.41, 5.74) is 7.05. The Kier molecular flexibility index (Phi) is 5.84. The average Bonchev–Trinajstić information content (AvgIpc) is 3.08. The van der Waals surface area contributed by atoms with Crippen LogP contribution in [-0.4, -0.2) is 22.6 Å². The number of carbonyl (C=O) groups excluding carboxylic acids is 1. The lowest BCUT2D eigenvalue weighted by atomic mass is 10.0. The van der Waals surface area contributed by atoms with Crippen molar-refractivity contribution in [1.82, 2.24) is 15.8 Å². The van der Waals surface area contributed by atoms with Crippen LogP contribution in [0.3, 0.4) is 0 Å². The maximum Gasteiger partial charge on any atom is 0.267 e. The van der Waals surface area contributed by atoms with Gasteiger partial charge in [-0.15, -0.1) is 0 Å². The molecule has 0 radical (unpaired) electrons. The number of carbonyl (C=O) groups is 1. The Labute approximate surface area is 152 Å². The molecule has 1 aromatic heterocycles. The third-order valence-corrected chi connectivity index (χ3v) is 4.44. The van der Waals surface area contributed by atoms with E-state index < -0.39 is 5.91 Å². The Bertz CT molecular complexity index is 910. The summed E-state index contributed by atoms with van der Waals surface area (Å²) in [5, 5.41) is 13.3. The van der Waals surface area contributed by atoms with Gasteiger partial charge in [0.15, 0.2) is 0 Å². The number of fused-ring (bicyclic) bond motifs is 1. The van der Waals surface area contributed by atoms with Gasteiger partial charge in [0.2, 0.25) is 0 Å². The van der Waals surface area contributed by atoms with Crippen LogP contribution < -0.4 is 10.8 Å². The van der Waals surface area contributed by atoms with Crippen LogP contribution in [0.15, 0.2) is 60.8 Å². The first-order valence-electron chi connectivity index (χ1n) is 8.65. The fourth-order valence-electron chi connectivity index (χ4n) is 2.99. The lowest BCUT2D eigenvalue weighted by Crippen LogP contribution is -2.16. The zero-order valence-electron chi connectivity index (χ0n) is 14.8. The third kappa shape index (κ3) is 4.39. The van der Waals surface area contributed by atoms with Gasteiger partial charge >= 0.3 is 0 Å². The van der Waals surface area contributed by atoms with Gasteiger partial charge in [-0.3, -0.25) is 10.0 Å². The summed E-state index contributed by atoms with van der Waals surface area (Å²) in [6.07, 6.45) is 4.42. The van der Waals surface area contributed by atoms with E-state index >= 15 is 0 Å². The monoisotopic (exact) mass is 349 g/mol. The van der Waals surface area contributed by atoms with Gasteiger partial charge in [-0.05, 0) is 48.2 Å². The van der Waals surface area contributed by atoms with Gasteiger partial charge in [-0.25, -0.2) is 5.48 Å². The van der Waals surface area contributed by atoms with Crippen molar-refractivity contribution < 1.29 is 10.0 Å². The molecule has 0 saturated heterocycles. The fraction of sp³-hybridized carbons (Fsp3) is 0.190. The molecule has 134 valence electrons. The largest absolute Gasteiger partial charge is 0.361 e. The zero-order valence-corrected chi connectivity index (χ0v) is 14.8. The number of rotatable bonds is 7. The first-order valence-corrected chi connectivity index (χ1v) is 8.65. The second-order valence-corrected chi connectivity index (χ2v) is 6.29. The highest BCUT2D eigenvalue weighted by Crippen LogP contribution is 2.18. The molecule has 0 aliphatic heterocycles. The van der Waals surface area contributed by atoms with Gasteiger partial charge in [0.1, 0.15) is 0 Å². The van der Waals surface area contributed by atoms with Crippen molar-refractivity contribution in [1.29, 1.82) is 0 Å². The molecule has 0 saturated carbocycles. The van der Waals surface area contributed by atoms with Crippen LogP contribution in [0.2, 0.25) is 0 Å². The second kappa shape index (κ2) is 8.47. The summed E-state index contributed by atoms with van der Waals surface area (Å²) in [6, 6.07) is 16.4. The highest BCUT2D eigenvalue weighted by atomic mass is 16.5. The number of nitrogens with one attached hydrogen (secondary N) is 3. The van der Waals surface area contributed by atoms with E-state index in [4.69, 9.17) is 5.21 Å². The van der Waals surface area contributed by atoms with E-state index in [0.717, 1.165) is 30.6 Å². The quantitative estimate of drug-likeness (QED) is 0.228. The molecule has 3 rings (SSSR count). The van der Waals surface area contributed by atoms with Crippen molar-refractivity contribution in [2.45, 2.75) is 19.9 Å². The molecule has 1 heterocycles. The van der Waals surface area contributed by atoms with Crippen LogP contribution in [0, 0.1) is 0 Å². The number of hydrogen-bond acceptors (Lipinski definition) is 3. The third-order valence-electron chi connectivity index (χ3n) is 4.44. The molecule has 4 N–H and O–H groups in total. The van der Waals surface area contributed by atoms with Crippen molar-refractivity contribution in [2.75, 3.05) is 6.54 Å². The van der Waals surface area contributed by atoms with Crippen molar-refractivity contribution in [3.63, 3.8) is 0 Å². The van der Waals surface area contributed by atoms with E-state index in [0.29, 0.717) is 0 Å². The Morgan fingerprint density at radius 1 is 1.15 bits per heavy atom. The number of aromatic amines is 1. The average molecular weight is 349 g/mol. The number of hydrogen-bond donors (Lipinski definition) is 4. The lowest BCUT2D eigenvalue weighted by Gasteiger charge is -2.07. The van der Waals surface area contributed by atoms with Crippen LogP contribution in [0.4, 0.5) is 0 Å². The molecule has 0 aliphatic rings. The Morgan fingerprint density at radius 3 is 2.69 bits per heavy atom.